The fourth-order valence-corrected chi connectivity index (χ4v) is 5.59. The topological polar surface area (TPSA) is 72.5 Å². The summed E-state index contributed by atoms with van der Waals surface area (Å²) in [7, 11) is -3.81. The zero-order valence-electron chi connectivity index (χ0n) is 14.9. The summed E-state index contributed by atoms with van der Waals surface area (Å²) >= 11 is 7.20. The molecule has 5 nitrogen and oxygen atoms in total. The first-order valence-electron chi connectivity index (χ1n) is 8.20. The Kier molecular flexibility index (Phi) is 5.46. The molecule has 1 heterocycles. The maximum atomic E-state index is 12.9. The summed E-state index contributed by atoms with van der Waals surface area (Å²) < 4.78 is 34.5. The highest BCUT2D eigenvalue weighted by molar-refractivity contribution is 7.94. The Morgan fingerprint density at radius 2 is 1.93 bits per heavy atom. The highest BCUT2D eigenvalue weighted by Gasteiger charge is 2.22. The van der Waals surface area contributed by atoms with E-state index in [1.807, 2.05) is 0 Å². The normalized spacial score (nSPS) is 11.7. The van der Waals surface area contributed by atoms with Crippen molar-refractivity contribution in [1.29, 1.82) is 0 Å². The van der Waals surface area contributed by atoms with Crippen LogP contribution in [0.2, 0.25) is 5.02 Å². The van der Waals surface area contributed by atoms with E-state index in [-0.39, 0.29) is 15.9 Å². The smallest absolute Gasteiger partial charge is 0.338 e. The number of ether oxygens (including phenoxy) is 1. The summed E-state index contributed by atoms with van der Waals surface area (Å²) in [5, 5.41) is 1.36. The van der Waals surface area contributed by atoms with Crippen LogP contribution in [0.1, 0.15) is 29.8 Å². The largest absolute Gasteiger partial charge is 0.459 e. The van der Waals surface area contributed by atoms with E-state index >= 15 is 0 Å². The van der Waals surface area contributed by atoms with Gasteiger partial charge in [0, 0.05) is 15.4 Å². The van der Waals surface area contributed by atoms with Gasteiger partial charge in [-0.25, -0.2) is 13.2 Å². The molecule has 0 fully saturated rings. The number of carbonyl (C=O) groups excluding carboxylic acids is 1. The highest BCUT2D eigenvalue weighted by atomic mass is 35.5. The van der Waals surface area contributed by atoms with Gasteiger partial charge in [0.15, 0.2) is 0 Å². The van der Waals surface area contributed by atoms with E-state index in [1.54, 1.807) is 57.2 Å². The van der Waals surface area contributed by atoms with E-state index < -0.39 is 16.0 Å². The lowest BCUT2D eigenvalue weighted by Gasteiger charge is -2.10. The number of anilines is 1. The lowest BCUT2D eigenvalue weighted by molar-refractivity contribution is 0.0378. The molecule has 0 aliphatic heterocycles. The van der Waals surface area contributed by atoms with Crippen LogP contribution in [0.4, 0.5) is 5.69 Å². The van der Waals surface area contributed by atoms with Gasteiger partial charge in [0.05, 0.1) is 11.7 Å². The van der Waals surface area contributed by atoms with Gasteiger partial charge in [-0.05, 0) is 68.1 Å². The molecule has 0 spiro atoms. The van der Waals surface area contributed by atoms with Crippen LogP contribution < -0.4 is 4.72 Å². The first-order valence-corrected chi connectivity index (χ1v) is 10.9. The molecule has 0 bridgehead atoms. The summed E-state index contributed by atoms with van der Waals surface area (Å²) in [6.07, 6.45) is -0.258. The second-order valence-electron chi connectivity index (χ2n) is 6.30. The number of hydrogen-bond acceptors (Lipinski definition) is 5. The minimum Gasteiger partial charge on any atom is -0.459 e. The Bertz CT molecular complexity index is 1120. The summed E-state index contributed by atoms with van der Waals surface area (Å²) in [6.45, 7) is 5.25. The molecule has 27 heavy (non-hydrogen) atoms. The molecule has 0 atom stereocenters. The third kappa shape index (κ3) is 4.26. The Labute approximate surface area is 167 Å². The highest BCUT2D eigenvalue weighted by Crippen LogP contribution is 2.36. The number of esters is 1. The van der Waals surface area contributed by atoms with Gasteiger partial charge in [-0.1, -0.05) is 17.7 Å². The lowest BCUT2D eigenvalue weighted by atomic mass is 10.2. The van der Waals surface area contributed by atoms with Crippen molar-refractivity contribution in [1.82, 2.24) is 0 Å². The van der Waals surface area contributed by atoms with Crippen LogP contribution in [0.5, 0.6) is 0 Å². The fourth-order valence-electron chi connectivity index (χ4n) is 2.62. The van der Waals surface area contributed by atoms with Crippen LogP contribution in [0.25, 0.3) is 10.1 Å². The van der Waals surface area contributed by atoms with Crippen molar-refractivity contribution >= 4 is 54.7 Å². The number of halogens is 1. The standard InChI is InChI=1S/C19H18ClNO4S2/c1-11(2)25-18(22)13-5-4-6-15(9-13)21-27(23,24)19-12(3)16-10-14(20)7-8-17(16)26-19/h4-11,21H,1-3H3. The molecule has 3 aromatic rings. The maximum absolute atomic E-state index is 12.9. The van der Waals surface area contributed by atoms with Crippen LogP contribution >= 0.6 is 22.9 Å². The molecular weight excluding hydrogens is 406 g/mol. The van der Waals surface area contributed by atoms with Crippen molar-refractivity contribution in [2.75, 3.05) is 4.72 Å². The van der Waals surface area contributed by atoms with E-state index in [4.69, 9.17) is 16.3 Å². The summed E-state index contributed by atoms with van der Waals surface area (Å²) in [5.74, 6) is -0.501. The number of thiophene rings is 1. The van der Waals surface area contributed by atoms with Gasteiger partial charge < -0.3 is 4.74 Å². The summed E-state index contributed by atoms with van der Waals surface area (Å²) in [6, 6.07) is 11.5. The van der Waals surface area contributed by atoms with Gasteiger partial charge in [0.25, 0.3) is 10.0 Å². The number of carbonyl (C=O) groups is 1. The molecule has 142 valence electrons. The monoisotopic (exact) mass is 423 g/mol. The summed E-state index contributed by atoms with van der Waals surface area (Å²) in [5.41, 5.74) is 1.22. The molecule has 2 aromatic carbocycles. The first-order chi connectivity index (χ1) is 12.7. The Balaban J connectivity index is 1.93. The van der Waals surface area contributed by atoms with E-state index in [0.717, 1.165) is 10.1 Å². The fraction of sp³-hybridized carbons (Fsp3) is 0.211. The van der Waals surface area contributed by atoms with E-state index in [2.05, 4.69) is 4.72 Å². The van der Waals surface area contributed by atoms with Crippen LogP contribution in [-0.2, 0) is 14.8 Å². The Hall–Kier alpha value is -2.09. The van der Waals surface area contributed by atoms with Crippen molar-refractivity contribution < 1.29 is 17.9 Å². The van der Waals surface area contributed by atoms with E-state index in [0.29, 0.717) is 16.3 Å². The minimum absolute atomic E-state index is 0.218. The van der Waals surface area contributed by atoms with Gasteiger partial charge in [0.1, 0.15) is 4.21 Å². The van der Waals surface area contributed by atoms with Crippen LogP contribution in [0, 0.1) is 6.92 Å². The van der Waals surface area contributed by atoms with Gasteiger partial charge in [-0.15, -0.1) is 11.3 Å². The second-order valence-corrected chi connectivity index (χ2v) is 9.66. The Morgan fingerprint density at radius 1 is 1.19 bits per heavy atom. The summed E-state index contributed by atoms with van der Waals surface area (Å²) in [4.78, 5) is 12.0. The zero-order valence-corrected chi connectivity index (χ0v) is 17.3. The predicted molar refractivity (Wildman–Crippen MR) is 109 cm³/mol. The number of hydrogen-bond donors (Lipinski definition) is 1. The molecule has 0 aliphatic rings. The molecule has 0 saturated carbocycles. The van der Waals surface area contributed by atoms with Gasteiger partial charge in [0.2, 0.25) is 0 Å². The first kappa shape index (κ1) is 19.7. The van der Waals surface area contributed by atoms with Crippen LogP contribution in [0.15, 0.2) is 46.7 Å². The number of sulfonamides is 1. The Morgan fingerprint density at radius 3 is 2.63 bits per heavy atom. The van der Waals surface area contributed by atoms with Crippen molar-refractivity contribution in [3.05, 3.63) is 58.6 Å². The molecule has 1 aromatic heterocycles. The lowest BCUT2D eigenvalue weighted by Crippen LogP contribution is -2.14. The van der Waals surface area contributed by atoms with Crippen LogP contribution in [0.3, 0.4) is 0 Å². The third-order valence-electron chi connectivity index (χ3n) is 3.79. The maximum Gasteiger partial charge on any atom is 0.338 e. The zero-order chi connectivity index (χ0) is 19.8. The van der Waals surface area contributed by atoms with Crippen molar-refractivity contribution in [2.45, 2.75) is 31.1 Å². The van der Waals surface area contributed by atoms with Gasteiger partial charge in [-0.2, -0.15) is 0 Å². The molecule has 8 heteroatoms. The minimum atomic E-state index is -3.81. The number of fused-ring (bicyclic) bond motifs is 1. The third-order valence-corrected chi connectivity index (χ3v) is 7.30. The molecule has 0 saturated heterocycles. The van der Waals surface area contributed by atoms with Gasteiger partial charge in [-0.3, -0.25) is 4.72 Å². The van der Waals surface area contributed by atoms with Crippen LogP contribution in [-0.4, -0.2) is 20.5 Å². The molecule has 0 amide bonds. The molecule has 0 unspecified atom stereocenters. The molecule has 1 N–H and O–H groups in total. The number of benzene rings is 2. The van der Waals surface area contributed by atoms with Crippen molar-refractivity contribution in [3.63, 3.8) is 0 Å². The molecule has 0 radical (unpaired) electrons. The number of nitrogens with one attached hydrogen (secondary N) is 1. The van der Waals surface area contributed by atoms with Crippen molar-refractivity contribution in [3.8, 4) is 0 Å². The SMILES string of the molecule is Cc1c(S(=O)(=O)Nc2cccc(C(=O)OC(C)C)c2)sc2ccc(Cl)cc12. The second kappa shape index (κ2) is 7.50. The molecular formula is C19H18ClNO4S2. The average Bonchev–Trinajstić information content (AvgIpc) is 2.91. The van der Waals surface area contributed by atoms with E-state index in [9.17, 15) is 13.2 Å². The molecule has 3 rings (SSSR count). The molecule has 0 aliphatic carbocycles. The van der Waals surface area contributed by atoms with Crippen molar-refractivity contribution in [2.24, 2.45) is 0 Å². The predicted octanol–water partition coefficient (Wildman–Crippen LogP) is 5.23. The van der Waals surface area contributed by atoms with Gasteiger partial charge >= 0.3 is 5.97 Å². The van der Waals surface area contributed by atoms with E-state index in [1.165, 1.54) is 17.4 Å². The number of aryl methyl sites for hydroxylation is 1. The quantitative estimate of drug-likeness (QED) is 0.570. The average molecular weight is 424 g/mol. The number of rotatable bonds is 5.